The molecule has 0 radical (unpaired) electrons. The molecule has 1 amide bonds. The number of carbonyl (C=O) groups is 1. The molecule has 0 saturated carbocycles. The Hall–Kier alpha value is -3.67. The number of nitrogens with zero attached hydrogens (tertiary/aromatic N) is 3. The first-order chi connectivity index (χ1) is 18.4. The molecule has 3 aromatic carbocycles. The Balaban J connectivity index is 1.68. The molecular weight excluding hydrogens is 517 g/mol. The van der Waals surface area contributed by atoms with Crippen molar-refractivity contribution in [3.8, 4) is 11.4 Å². The second-order valence-electron chi connectivity index (χ2n) is 9.20. The first kappa shape index (κ1) is 26.0. The number of ether oxygens (including phenoxy) is 1. The number of rotatable bonds is 5. The summed E-state index contributed by atoms with van der Waals surface area (Å²) in [6, 6.07) is 22.9. The summed E-state index contributed by atoms with van der Waals surface area (Å²) < 4.78 is 7.11. The van der Waals surface area contributed by atoms with Gasteiger partial charge >= 0.3 is 0 Å². The fraction of sp³-hybridized carbons (Fsp3) is 0.194. The van der Waals surface area contributed by atoms with E-state index in [4.69, 9.17) is 33.0 Å². The van der Waals surface area contributed by atoms with E-state index in [1.165, 1.54) is 0 Å². The van der Waals surface area contributed by atoms with E-state index in [1.807, 2.05) is 67.6 Å². The summed E-state index contributed by atoms with van der Waals surface area (Å²) >= 11 is 12.8. The molecule has 1 aromatic heterocycles. The number of carbonyl (C=O) groups excluding carboxylic acids is 1. The minimum atomic E-state index is -0.364. The van der Waals surface area contributed by atoms with Crippen molar-refractivity contribution >= 4 is 46.5 Å². The van der Waals surface area contributed by atoms with Gasteiger partial charge in [0.15, 0.2) is 5.69 Å². The van der Waals surface area contributed by atoms with Crippen LogP contribution in [0.3, 0.4) is 0 Å². The fourth-order valence-electron chi connectivity index (χ4n) is 4.74. The van der Waals surface area contributed by atoms with Crippen LogP contribution in [-0.4, -0.2) is 28.5 Å². The second kappa shape index (κ2) is 11.4. The molecule has 0 spiro atoms. The number of halogens is 2. The van der Waals surface area contributed by atoms with Crippen LogP contribution in [0.2, 0.25) is 10.0 Å². The summed E-state index contributed by atoms with van der Waals surface area (Å²) in [6.07, 6.45) is 5.65. The predicted octanol–water partition coefficient (Wildman–Crippen LogP) is 8.10. The standard InChI is InChI=1S/C31H27Cl2N3O2/c1-20(22-8-4-3-5-9-22)34-31(37)29-26-11-7-6-10-23(18-21-12-15-25(38-2)16-13-21)30(26)36(35-29)28-17-14-24(32)19-27(28)33/h3-5,8-9,12-19H,6-7,10-11H2,1-2H3/b23-18+,34-20?. The zero-order valence-electron chi connectivity index (χ0n) is 21.2. The monoisotopic (exact) mass is 543 g/mol. The fourth-order valence-corrected chi connectivity index (χ4v) is 5.23. The summed E-state index contributed by atoms with van der Waals surface area (Å²) in [6.45, 7) is 1.84. The van der Waals surface area contributed by atoms with Crippen LogP contribution in [0, 0.1) is 0 Å². The van der Waals surface area contributed by atoms with Crippen molar-refractivity contribution in [1.82, 2.24) is 9.78 Å². The third-order valence-electron chi connectivity index (χ3n) is 6.67. The molecule has 5 nitrogen and oxygen atoms in total. The third-order valence-corrected chi connectivity index (χ3v) is 7.21. The normalized spacial score (nSPS) is 14.7. The Labute approximate surface area is 232 Å². The first-order valence-corrected chi connectivity index (χ1v) is 13.3. The zero-order chi connectivity index (χ0) is 26.6. The van der Waals surface area contributed by atoms with Crippen LogP contribution in [0.25, 0.3) is 17.3 Å². The van der Waals surface area contributed by atoms with Gasteiger partial charge in [0.2, 0.25) is 0 Å². The molecule has 0 aliphatic heterocycles. The summed E-state index contributed by atoms with van der Waals surface area (Å²) in [5.74, 6) is 0.434. The second-order valence-corrected chi connectivity index (χ2v) is 10.0. The predicted molar refractivity (Wildman–Crippen MR) is 155 cm³/mol. The van der Waals surface area contributed by atoms with Gasteiger partial charge < -0.3 is 4.74 Å². The highest BCUT2D eigenvalue weighted by molar-refractivity contribution is 6.35. The topological polar surface area (TPSA) is 56.5 Å². The molecule has 0 atom stereocenters. The van der Waals surface area contributed by atoms with E-state index in [0.29, 0.717) is 27.1 Å². The molecule has 5 rings (SSSR count). The van der Waals surface area contributed by atoms with Gasteiger partial charge in [-0.2, -0.15) is 5.10 Å². The largest absolute Gasteiger partial charge is 0.497 e. The number of amides is 1. The van der Waals surface area contributed by atoms with Gasteiger partial charge in [-0.25, -0.2) is 9.67 Å². The molecule has 0 unspecified atom stereocenters. The number of allylic oxidation sites excluding steroid dienone is 1. The van der Waals surface area contributed by atoms with Crippen LogP contribution in [0.1, 0.15) is 59.1 Å². The lowest BCUT2D eigenvalue weighted by atomic mass is 10.0. The van der Waals surface area contributed by atoms with Gasteiger partial charge in [0.1, 0.15) is 5.75 Å². The van der Waals surface area contributed by atoms with E-state index in [9.17, 15) is 4.79 Å². The maximum absolute atomic E-state index is 13.6. The van der Waals surface area contributed by atoms with Gasteiger partial charge in [0.25, 0.3) is 5.91 Å². The lowest BCUT2D eigenvalue weighted by Gasteiger charge is -2.13. The van der Waals surface area contributed by atoms with Gasteiger partial charge in [-0.3, -0.25) is 4.79 Å². The quantitative estimate of drug-likeness (QED) is 0.188. The highest BCUT2D eigenvalue weighted by atomic mass is 35.5. The SMILES string of the molecule is COc1ccc(/C=C2\CCCCc3c(C(=O)N=C(C)c4ccccc4)nn(-c4ccc(Cl)cc4Cl)c32)cc1. The first-order valence-electron chi connectivity index (χ1n) is 12.5. The Bertz CT molecular complexity index is 1540. The van der Waals surface area contributed by atoms with E-state index in [0.717, 1.165) is 59.4 Å². The Morgan fingerprint density at radius 2 is 1.74 bits per heavy atom. The van der Waals surface area contributed by atoms with Crippen LogP contribution < -0.4 is 4.74 Å². The van der Waals surface area contributed by atoms with Crippen molar-refractivity contribution < 1.29 is 9.53 Å². The van der Waals surface area contributed by atoms with Gasteiger partial charge in [0.05, 0.1) is 23.5 Å². The summed E-state index contributed by atoms with van der Waals surface area (Å²) in [7, 11) is 1.65. The Morgan fingerprint density at radius 1 is 1.00 bits per heavy atom. The van der Waals surface area contributed by atoms with E-state index in [2.05, 4.69) is 11.1 Å². The third kappa shape index (κ3) is 5.45. The molecule has 1 heterocycles. The highest BCUT2D eigenvalue weighted by Crippen LogP contribution is 2.37. The number of benzene rings is 3. The molecule has 1 aliphatic rings. The molecule has 0 fully saturated rings. The molecular formula is C31H27Cl2N3O2. The molecule has 0 bridgehead atoms. The smallest absolute Gasteiger partial charge is 0.298 e. The van der Waals surface area contributed by atoms with E-state index in [-0.39, 0.29) is 5.91 Å². The summed E-state index contributed by atoms with van der Waals surface area (Å²) in [5, 5.41) is 5.82. The highest BCUT2D eigenvalue weighted by Gasteiger charge is 2.28. The minimum absolute atomic E-state index is 0.351. The number of methoxy groups -OCH3 is 1. The molecule has 0 saturated heterocycles. The molecule has 4 aromatic rings. The van der Waals surface area contributed by atoms with Crippen molar-refractivity contribution in [1.29, 1.82) is 0 Å². The molecule has 192 valence electrons. The Morgan fingerprint density at radius 3 is 2.45 bits per heavy atom. The Kier molecular flexibility index (Phi) is 7.77. The average molecular weight is 544 g/mol. The molecule has 38 heavy (non-hydrogen) atoms. The van der Waals surface area contributed by atoms with Gasteiger partial charge in [0, 0.05) is 16.3 Å². The number of fused-ring (bicyclic) bond motifs is 1. The van der Waals surface area contributed by atoms with Crippen molar-refractivity contribution in [2.45, 2.75) is 32.6 Å². The summed E-state index contributed by atoms with van der Waals surface area (Å²) in [5.41, 5.74) is 6.46. The van der Waals surface area contributed by atoms with E-state index >= 15 is 0 Å². The average Bonchev–Trinajstić information content (AvgIpc) is 3.18. The number of hydrogen-bond donors (Lipinski definition) is 0. The molecule has 7 heteroatoms. The van der Waals surface area contributed by atoms with Crippen LogP contribution in [0.4, 0.5) is 0 Å². The van der Waals surface area contributed by atoms with E-state index < -0.39 is 0 Å². The number of hydrogen-bond acceptors (Lipinski definition) is 3. The van der Waals surface area contributed by atoms with Crippen LogP contribution in [-0.2, 0) is 6.42 Å². The van der Waals surface area contributed by atoms with Gasteiger partial charge in [-0.1, -0.05) is 65.7 Å². The van der Waals surface area contributed by atoms with E-state index in [1.54, 1.807) is 23.9 Å². The van der Waals surface area contributed by atoms with Crippen LogP contribution >= 0.6 is 23.2 Å². The number of aromatic nitrogens is 2. The van der Waals surface area contributed by atoms with Gasteiger partial charge in [-0.05, 0) is 85.7 Å². The summed E-state index contributed by atoms with van der Waals surface area (Å²) in [4.78, 5) is 18.0. The zero-order valence-corrected chi connectivity index (χ0v) is 22.8. The lowest BCUT2D eigenvalue weighted by molar-refractivity contribution is 0.0997. The van der Waals surface area contributed by atoms with Crippen LogP contribution in [0.15, 0.2) is 77.8 Å². The minimum Gasteiger partial charge on any atom is -0.497 e. The van der Waals surface area contributed by atoms with Crippen molar-refractivity contribution in [3.63, 3.8) is 0 Å². The number of aliphatic imine (C=N–C) groups is 1. The van der Waals surface area contributed by atoms with Crippen LogP contribution in [0.5, 0.6) is 5.75 Å². The van der Waals surface area contributed by atoms with Crippen molar-refractivity contribution in [2.24, 2.45) is 4.99 Å². The van der Waals surface area contributed by atoms with Gasteiger partial charge in [-0.15, -0.1) is 0 Å². The molecule has 1 aliphatic carbocycles. The maximum atomic E-state index is 13.6. The maximum Gasteiger partial charge on any atom is 0.298 e. The van der Waals surface area contributed by atoms with Crippen molar-refractivity contribution in [3.05, 3.63) is 111 Å². The lowest BCUT2D eigenvalue weighted by Crippen LogP contribution is -2.06. The molecule has 0 N–H and O–H groups in total. The van der Waals surface area contributed by atoms with Crippen molar-refractivity contribution in [2.75, 3.05) is 7.11 Å².